The van der Waals surface area contributed by atoms with Crippen LogP contribution in [0.5, 0.6) is 0 Å². The lowest BCUT2D eigenvalue weighted by atomic mass is 10.1. The van der Waals surface area contributed by atoms with Crippen molar-refractivity contribution in [1.82, 2.24) is 4.90 Å². The third-order valence-electron chi connectivity index (χ3n) is 3.58. The van der Waals surface area contributed by atoms with Crippen LogP contribution in [0.25, 0.3) is 0 Å². The smallest absolute Gasteiger partial charge is 0.335 e. The van der Waals surface area contributed by atoms with Crippen LogP contribution >= 0.6 is 0 Å². The lowest BCUT2D eigenvalue weighted by Crippen LogP contribution is -2.24. The van der Waals surface area contributed by atoms with Gasteiger partial charge in [-0.25, -0.2) is 4.79 Å². The van der Waals surface area contributed by atoms with Crippen LogP contribution in [0.1, 0.15) is 42.1 Å². The minimum atomic E-state index is -0.849. The third-order valence-corrected chi connectivity index (χ3v) is 3.58. The standard InChI is InChI=1S/C15H21NO2/c1-2-16(9-8-12-6-7-12)11-13-4-3-5-14(10-13)15(17)18/h3-5,10,12H,2,6-9,11H2,1H3,(H,17,18). The first-order valence-corrected chi connectivity index (χ1v) is 6.73. The monoisotopic (exact) mass is 247 g/mol. The Morgan fingerprint density at radius 3 is 2.83 bits per heavy atom. The Bertz CT molecular complexity index is 413. The first kappa shape index (κ1) is 13.1. The summed E-state index contributed by atoms with van der Waals surface area (Å²) >= 11 is 0. The van der Waals surface area contributed by atoms with Crippen molar-refractivity contribution in [3.8, 4) is 0 Å². The van der Waals surface area contributed by atoms with E-state index >= 15 is 0 Å². The van der Waals surface area contributed by atoms with Gasteiger partial charge in [0.2, 0.25) is 0 Å². The van der Waals surface area contributed by atoms with Crippen molar-refractivity contribution < 1.29 is 9.90 Å². The van der Waals surface area contributed by atoms with Crippen LogP contribution in [0.2, 0.25) is 0 Å². The summed E-state index contributed by atoms with van der Waals surface area (Å²) < 4.78 is 0. The molecule has 1 aliphatic rings. The van der Waals surface area contributed by atoms with Gasteiger partial charge in [-0.15, -0.1) is 0 Å². The molecule has 1 aromatic rings. The van der Waals surface area contributed by atoms with Crippen molar-refractivity contribution in [2.24, 2.45) is 5.92 Å². The number of nitrogens with zero attached hydrogens (tertiary/aromatic N) is 1. The van der Waals surface area contributed by atoms with Gasteiger partial charge in [0, 0.05) is 6.54 Å². The van der Waals surface area contributed by atoms with Gasteiger partial charge in [0.25, 0.3) is 0 Å². The Labute approximate surface area is 108 Å². The van der Waals surface area contributed by atoms with Gasteiger partial charge in [-0.2, -0.15) is 0 Å². The number of carboxylic acid groups (broad SMARTS) is 1. The van der Waals surface area contributed by atoms with Gasteiger partial charge in [0.1, 0.15) is 0 Å². The Hall–Kier alpha value is -1.35. The Balaban J connectivity index is 1.92. The van der Waals surface area contributed by atoms with Gasteiger partial charge >= 0.3 is 5.97 Å². The molecule has 3 heteroatoms. The summed E-state index contributed by atoms with van der Waals surface area (Å²) in [6.45, 7) is 5.15. The van der Waals surface area contributed by atoms with Gasteiger partial charge in [-0.05, 0) is 43.1 Å². The summed E-state index contributed by atoms with van der Waals surface area (Å²) in [5, 5.41) is 8.97. The number of rotatable bonds is 7. The molecule has 0 atom stereocenters. The number of benzene rings is 1. The molecule has 1 aliphatic carbocycles. The largest absolute Gasteiger partial charge is 0.478 e. The molecule has 0 heterocycles. The average molecular weight is 247 g/mol. The molecule has 1 fully saturated rings. The Kier molecular flexibility index (Phi) is 4.37. The fourth-order valence-electron chi connectivity index (χ4n) is 2.18. The molecule has 98 valence electrons. The molecule has 2 rings (SSSR count). The van der Waals surface area contributed by atoms with Crippen molar-refractivity contribution in [2.75, 3.05) is 13.1 Å². The van der Waals surface area contributed by atoms with Gasteiger partial charge in [-0.1, -0.05) is 31.9 Å². The van der Waals surface area contributed by atoms with Gasteiger partial charge < -0.3 is 5.11 Å². The summed E-state index contributed by atoms with van der Waals surface area (Å²) in [7, 11) is 0. The van der Waals surface area contributed by atoms with Gasteiger partial charge in [0.15, 0.2) is 0 Å². The fraction of sp³-hybridized carbons (Fsp3) is 0.533. The molecule has 0 spiro atoms. The van der Waals surface area contributed by atoms with E-state index in [1.54, 1.807) is 12.1 Å². The van der Waals surface area contributed by atoms with E-state index in [2.05, 4.69) is 11.8 Å². The highest BCUT2D eigenvalue weighted by Gasteiger charge is 2.21. The summed E-state index contributed by atoms with van der Waals surface area (Å²) in [6.07, 6.45) is 4.07. The van der Waals surface area contributed by atoms with Gasteiger partial charge in [0.05, 0.1) is 5.56 Å². The van der Waals surface area contributed by atoms with Crippen molar-refractivity contribution in [2.45, 2.75) is 32.7 Å². The zero-order valence-corrected chi connectivity index (χ0v) is 10.9. The van der Waals surface area contributed by atoms with E-state index in [1.165, 1.54) is 19.3 Å². The van der Waals surface area contributed by atoms with Crippen LogP contribution in [0, 0.1) is 5.92 Å². The fourth-order valence-corrected chi connectivity index (χ4v) is 2.18. The molecule has 0 saturated heterocycles. The molecular weight excluding hydrogens is 226 g/mol. The summed E-state index contributed by atoms with van der Waals surface area (Å²) in [6, 6.07) is 7.26. The predicted molar refractivity (Wildman–Crippen MR) is 71.7 cm³/mol. The summed E-state index contributed by atoms with van der Waals surface area (Å²) in [5.74, 6) is 0.0993. The molecule has 0 aromatic heterocycles. The molecule has 0 aliphatic heterocycles. The maximum absolute atomic E-state index is 10.9. The lowest BCUT2D eigenvalue weighted by molar-refractivity contribution is 0.0696. The minimum Gasteiger partial charge on any atom is -0.478 e. The Morgan fingerprint density at radius 2 is 2.22 bits per heavy atom. The van der Waals surface area contributed by atoms with E-state index in [1.807, 2.05) is 12.1 Å². The molecule has 1 aromatic carbocycles. The van der Waals surface area contributed by atoms with Crippen LogP contribution in [0.4, 0.5) is 0 Å². The maximum atomic E-state index is 10.9. The summed E-state index contributed by atoms with van der Waals surface area (Å²) in [4.78, 5) is 13.3. The van der Waals surface area contributed by atoms with E-state index in [4.69, 9.17) is 5.11 Å². The molecule has 0 bridgehead atoms. The van der Waals surface area contributed by atoms with Crippen LogP contribution in [-0.4, -0.2) is 29.1 Å². The second kappa shape index (κ2) is 6.01. The van der Waals surface area contributed by atoms with E-state index in [-0.39, 0.29) is 0 Å². The predicted octanol–water partition coefficient (Wildman–Crippen LogP) is 3.01. The number of carbonyl (C=O) groups is 1. The molecule has 0 radical (unpaired) electrons. The molecule has 1 saturated carbocycles. The zero-order valence-electron chi connectivity index (χ0n) is 10.9. The lowest BCUT2D eigenvalue weighted by Gasteiger charge is -2.20. The van der Waals surface area contributed by atoms with Crippen LogP contribution in [-0.2, 0) is 6.54 Å². The second-order valence-corrected chi connectivity index (χ2v) is 5.11. The molecule has 0 unspecified atom stereocenters. The normalized spacial score (nSPS) is 15.0. The number of aromatic carboxylic acids is 1. The first-order chi connectivity index (χ1) is 8.69. The quantitative estimate of drug-likeness (QED) is 0.805. The van der Waals surface area contributed by atoms with Crippen molar-refractivity contribution in [1.29, 1.82) is 0 Å². The van der Waals surface area contributed by atoms with Crippen LogP contribution in [0.15, 0.2) is 24.3 Å². The highest BCUT2D eigenvalue weighted by Crippen LogP contribution is 2.32. The topological polar surface area (TPSA) is 40.5 Å². The number of hydrogen-bond acceptors (Lipinski definition) is 2. The minimum absolute atomic E-state index is 0.380. The van der Waals surface area contributed by atoms with Crippen molar-refractivity contribution in [3.63, 3.8) is 0 Å². The average Bonchev–Trinajstić information content (AvgIpc) is 3.18. The molecule has 0 amide bonds. The molecular formula is C15H21NO2. The highest BCUT2D eigenvalue weighted by molar-refractivity contribution is 5.87. The zero-order chi connectivity index (χ0) is 13.0. The summed E-state index contributed by atoms with van der Waals surface area (Å²) in [5.41, 5.74) is 1.47. The molecule has 1 N–H and O–H groups in total. The van der Waals surface area contributed by atoms with Crippen LogP contribution in [0.3, 0.4) is 0 Å². The van der Waals surface area contributed by atoms with E-state index < -0.39 is 5.97 Å². The van der Waals surface area contributed by atoms with Crippen LogP contribution < -0.4 is 0 Å². The maximum Gasteiger partial charge on any atom is 0.335 e. The van der Waals surface area contributed by atoms with E-state index in [9.17, 15) is 4.79 Å². The van der Waals surface area contributed by atoms with Gasteiger partial charge in [-0.3, -0.25) is 4.90 Å². The van der Waals surface area contributed by atoms with E-state index in [0.29, 0.717) is 5.56 Å². The van der Waals surface area contributed by atoms with E-state index in [0.717, 1.165) is 31.1 Å². The van der Waals surface area contributed by atoms with Crippen molar-refractivity contribution >= 4 is 5.97 Å². The number of hydrogen-bond donors (Lipinski definition) is 1. The molecule has 3 nitrogen and oxygen atoms in total. The highest BCUT2D eigenvalue weighted by atomic mass is 16.4. The Morgan fingerprint density at radius 1 is 1.44 bits per heavy atom. The SMILES string of the molecule is CCN(CCC1CC1)Cc1cccc(C(=O)O)c1. The number of carboxylic acids is 1. The van der Waals surface area contributed by atoms with Crippen molar-refractivity contribution in [3.05, 3.63) is 35.4 Å². The molecule has 18 heavy (non-hydrogen) atoms. The first-order valence-electron chi connectivity index (χ1n) is 6.73. The second-order valence-electron chi connectivity index (χ2n) is 5.11. The third kappa shape index (κ3) is 3.84.